The molecule has 1 aliphatic heterocycles. The van der Waals surface area contributed by atoms with Gasteiger partial charge in [-0.2, -0.15) is 0 Å². The Labute approximate surface area is 159 Å². The van der Waals surface area contributed by atoms with Crippen LogP contribution in [0.4, 0.5) is 11.4 Å². The highest BCUT2D eigenvalue weighted by Gasteiger charge is 2.34. The standard InChI is InChI=1S/C20H27N3O4/c1-27-20(26)15-13-23(11-12-24)19(25)18(15)22-17-10-6-5-9-16(17)21-14-7-3-2-4-8-14/h5-6,9-10,14,21-22,24H,2-4,7-8,11-13H2,1H3. The Hall–Kier alpha value is -2.54. The Bertz CT molecular complexity index is 726. The lowest BCUT2D eigenvalue weighted by Gasteiger charge is -2.25. The molecule has 3 N–H and O–H groups in total. The van der Waals surface area contributed by atoms with Gasteiger partial charge in [0.25, 0.3) is 5.91 Å². The number of ether oxygens (including phenoxy) is 1. The Balaban J connectivity index is 1.83. The van der Waals surface area contributed by atoms with Gasteiger partial charge in [0.05, 0.1) is 37.2 Å². The molecule has 1 saturated carbocycles. The smallest absolute Gasteiger partial charge is 0.337 e. The molecule has 0 aromatic heterocycles. The summed E-state index contributed by atoms with van der Waals surface area (Å²) in [4.78, 5) is 26.3. The van der Waals surface area contributed by atoms with Crippen molar-refractivity contribution in [2.75, 3.05) is 37.4 Å². The summed E-state index contributed by atoms with van der Waals surface area (Å²) in [6.07, 6.45) is 5.99. The summed E-state index contributed by atoms with van der Waals surface area (Å²) in [5.74, 6) is -0.846. The van der Waals surface area contributed by atoms with E-state index in [1.807, 2.05) is 24.3 Å². The van der Waals surface area contributed by atoms with Crippen molar-refractivity contribution in [1.29, 1.82) is 0 Å². The number of benzene rings is 1. The van der Waals surface area contributed by atoms with Gasteiger partial charge in [-0.25, -0.2) is 4.79 Å². The average molecular weight is 373 g/mol. The number of hydrogen-bond donors (Lipinski definition) is 3. The minimum Gasteiger partial charge on any atom is -0.466 e. The quantitative estimate of drug-likeness (QED) is 0.634. The number of anilines is 2. The monoisotopic (exact) mass is 373 g/mol. The van der Waals surface area contributed by atoms with Gasteiger partial charge in [-0.1, -0.05) is 31.4 Å². The number of nitrogens with one attached hydrogen (secondary N) is 2. The van der Waals surface area contributed by atoms with Gasteiger partial charge >= 0.3 is 5.97 Å². The molecule has 0 radical (unpaired) electrons. The van der Waals surface area contributed by atoms with Crippen molar-refractivity contribution in [2.45, 2.75) is 38.1 Å². The maximum atomic E-state index is 12.7. The van der Waals surface area contributed by atoms with Crippen LogP contribution in [0.5, 0.6) is 0 Å². The lowest BCUT2D eigenvalue weighted by Crippen LogP contribution is -2.31. The van der Waals surface area contributed by atoms with Gasteiger partial charge in [0.15, 0.2) is 0 Å². The predicted octanol–water partition coefficient (Wildman–Crippen LogP) is 2.10. The number of β-amino-alcohol motifs (C(OH)–C–C–N with tert-alkyl or cyclic N) is 1. The highest BCUT2D eigenvalue weighted by atomic mass is 16.5. The predicted molar refractivity (Wildman–Crippen MR) is 103 cm³/mol. The van der Waals surface area contributed by atoms with Crippen LogP contribution in [0.2, 0.25) is 0 Å². The van der Waals surface area contributed by atoms with Crippen molar-refractivity contribution < 1.29 is 19.4 Å². The first-order chi connectivity index (χ1) is 13.1. The van der Waals surface area contributed by atoms with Crippen molar-refractivity contribution in [3.05, 3.63) is 35.5 Å². The first-order valence-corrected chi connectivity index (χ1v) is 9.48. The number of esters is 1. The topological polar surface area (TPSA) is 90.9 Å². The first kappa shape index (κ1) is 19.2. The third kappa shape index (κ3) is 4.42. The number of rotatable bonds is 7. The molecular weight excluding hydrogens is 346 g/mol. The third-order valence-corrected chi connectivity index (χ3v) is 5.11. The Morgan fingerprint density at radius 2 is 1.93 bits per heavy atom. The van der Waals surface area contributed by atoms with Gasteiger partial charge in [0, 0.05) is 12.6 Å². The summed E-state index contributed by atoms with van der Waals surface area (Å²) < 4.78 is 4.83. The molecule has 1 fully saturated rings. The van der Waals surface area contributed by atoms with E-state index >= 15 is 0 Å². The normalized spacial score (nSPS) is 18.0. The number of nitrogens with zero attached hydrogens (tertiary/aromatic N) is 1. The summed E-state index contributed by atoms with van der Waals surface area (Å²) in [6, 6.07) is 8.11. The Kier molecular flexibility index (Phi) is 6.34. The fraction of sp³-hybridized carbons (Fsp3) is 0.500. The fourth-order valence-electron chi connectivity index (χ4n) is 3.67. The summed E-state index contributed by atoms with van der Waals surface area (Å²) in [5, 5.41) is 15.9. The zero-order valence-corrected chi connectivity index (χ0v) is 15.7. The maximum Gasteiger partial charge on any atom is 0.337 e. The van der Waals surface area contributed by atoms with Crippen LogP contribution in [-0.4, -0.2) is 54.7 Å². The lowest BCUT2D eigenvalue weighted by molar-refractivity contribution is -0.136. The van der Waals surface area contributed by atoms with E-state index in [2.05, 4.69) is 10.6 Å². The number of aliphatic hydroxyl groups excluding tert-OH is 1. The molecule has 1 amide bonds. The van der Waals surface area contributed by atoms with E-state index in [-0.39, 0.29) is 36.9 Å². The number of hydrogen-bond acceptors (Lipinski definition) is 6. The molecule has 1 aliphatic carbocycles. The Morgan fingerprint density at radius 1 is 1.22 bits per heavy atom. The van der Waals surface area contributed by atoms with Crippen molar-refractivity contribution in [3.8, 4) is 0 Å². The van der Waals surface area contributed by atoms with Gasteiger partial charge in [-0.15, -0.1) is 0 Å². The van der Waals surface area contributed by atoms with Crippen LogP contribution in [0, 0.1) is 0 Å². The second kappa shape index (κ2) is 8.90. The van der Waals surface area contributed by atoms with Gasteiger partial charge in [-0.3, -0.25) is 4.79 Å². The van der Waals surface area contributed by atoms with Gasteiger partial charge in [-0.05, 0) is 25.0 Å². The highest BCUT2D eigenvalue weighted by Crippen LogP contribution is 2.30. The van der Waals surface area contributed by atoms with E-state index in [0.717, 1.165) is 24.2 Å². The molecule has 2 aliphatic rings. The zero-order chi connectivity index (χ0) is 19.2. The van der Waals surface area contributed by atoms with Gasteiger partial charge < -0.3 is 25.4 Å². The van der Waals surface area contributed by atoms with Crippen molar-refractivity contribution in [2.24, 2.45) is 0 Å². The molecule has 7 nitrogen and oxygen atoms in total. The molecule has 0 atom stereocenters. The van der Waals surface area contributed by atoms with Crippen LogP contribution >= 0.6 is 0 Å². The molecule has 1 heterocycles. The third-order valence-electron chi connectivity index (χ3n) is 5.11. The van der Waals surface area contributed by atoms with Crippen LogP contribution in [0.3, 0.4) is 0 Å². The molecular formula is C20H27N3O4. The largest absolute Gasteiger partial charge is 0.466 e. The average Bonchev–Trinajstić information content (AvgIpc) is 3.00. The molecule has 27 heavy (non-hydrogen) atoms. The molecule has 1 aromatic rings. The highest BCUT2D eigenvalue weighted by molar-refractivity contribution is 6.09. The summed E-state index contributed by atoms with van der Waals surface area (Å²) in [5.41, 5.74) is 2.16. The van der Waals surface area contributed by atoms with Crippen LogP contribution in [0.1, 0.15) is 32.1 Å². The molecule has 0 saturated heterocycles. The van der Waals surface area contributed by atoms with Crippen LogP contribution in [0.25, 0.3) is 0 Å². The molecule has 7 heteroatoms. The van der Waals surface area contributed by atoms with E-state index in [0.29, 0.717) is 6.04 Å². The maximum absolute atomic E-state index is 12.7. The second-order valence-electron chi connectivity index (χ2n) is 6.95. The van der Waals surface area contributed by atoms with Crippen LogP contribution in [-0.2, 0) is 14.3 Å². The van der Waals surface area contributed by atoms with Crippen molar-refractivity contribution in [1.82, 2.24) is 4.90 Å². The van der Waals surface area contributed by atoms with E-state index in [1.54, 1.807) is 0 Å². The molecule has 0 spiro atoms. The van der Waals surface area contributed by atoms with E-state index in [9.17, 15) is 9.59 Å². The molecule has 0 unspecified atom stereocenters. The first-order valence-electron chi connectivity index (χ1n) is 9.48. The molecule has 146 valence electrons. The number of amides is 1. The van der Waals surface area contributed by atoms with Gasteiger partial charge in [0.1, 0.15) is 5.70 Å². The number of para-hydroxylation sites is 2. The summed E-state index contributed by atoms with van der Waals surface area (Å²) in [7, 11) is 1.30. The molecule has 0 bridgehead atoms. The minimum absolute atomic E-state index is 0.132. The fourth-order valence-corrected chi connectivity index (χ4v) is 3.67. The minimum atomic E-state index is -0.538. The van der Waals surface area contributed by atoms with E-state index < -0.39 is 5.97 Å². The second-order valence-corrected chi connectivity index (χ2v) is 6.95. The Morgan fingerprint density at radius 3 is 2.59 bits per heavy atom. The van der Waals surface area contributed by atoms with Crippen molar-refractivity contribution >= 4 is 23.3 Å². The summed E-state index contributed by atoms with van der Waals surface area (Å²) in [6.45, 7) is 0.145. The lowest BCUT2D eigenvalue weighted by atomic mass is 9.95. The van der Waals surface area contributed by atoms with Crippen LogP contribution < -0.4 is 10.6 Å². The molecule has 1 aromatic carbocycles. The van der Waals surface area contributed by atoms with Gasteiger partial charge in [0.2, 0.25) is 0 Å². The van der Waals surface area contributed by atoms with E-state index in [4.69, 9.17) is 9.84 Å². The SMILES string of the molecule is COC(=O)C1=C(Nc2ccccc2NC2CCCCC2)C(=O)N(CCO)C1. The summed E-state index contributed by atoms with van der Waals surface area (Å²) >= 11 is 0. The zero-order valence-electron chi connectivity index (χ0n) is 15.7. The molecule has 3 rings (SSSR count). The number of carbonyl (C=O) groups excluding carboxylic acids is 2. The number of methoxy groups -OCH3 is 1. The number of aliphatic hydroxyl groups is 1. The number of carbonyl (C=O) groups is 2. The van der Waals surface area contributed by atoms with Crippen molar-refractivity contribution in [3.63, 3.8) is 0 Å². The van der Waals surface area contributed by atoms with Crippen LogP contribution in [0.15, 0.2) is 35.5 Å². The van der Waals surface area contributed by atoms with E-state index in [1.165, 1.54) is 31.3 Å².